The molecule has 0 amide bonds. The van der Waals surface area contributed by atoms with Gasteiger partial charge in [0.25, 0.3) is 0 Å². The average Bonchev–Trinajstić information content (AvgIpc) is 1.96. The Kier molecular flexibility index (Phi) is 2.53. The molecule has 0 aliphatic carbocycles. The summed E-state index contributed by atoms with van der Waals surface area (Å²) in [6.07, 6.45) is 0.0491. The number of halogens is 1. The van der Waals surface area contributed by atoms with Gasteiger partial charge in [-0.05, 0) is 26.0 Å². The first-order valence-electron chi connectivity index (χ1n) is 3.81. The van der Waals surface area contributed by atoms with Crippen molar-refractivity contribution in [3.8, 4) is 5.75 Å². The summed E-state index contributed by atoms with van der Waals surface area (Å²) < 4.78 is 18.1. The van der Waals surface area contributed by atoms with E-state index >= 15 is 0 Å². The van der Waals surface area contributed by atoms with E-state index in [4.69, 9.17) is 10.5 Å². The molecule has 1 aromatic carbocycles. The van der Waals surface area contributed by atoms with Crippen LogP contribution in [0, 0.1) is 5.82 Å². The minimum absolute atomic E-state index is 0.0491. The van der Waals surface area contributed by atoms with Crippen molar-refractivity contribution >= 4 is 5.69 Å². The van der Waals surface area contributed by atoms with Crippen LogP contribution in [-0.4, -0.2) is 6.10 Å². The highest BCUT2D eigenvalue weighted by Crippen LogP contribution is 2.18. The fourth-order valence-electron chi connectivity index (χ4n) is 0.853. The topological polar surface area (TPSA) is 35.2 Å². The van der Waals surface area contributed by atoms with E-state index in [1.54, 1.807) is 6.07 Å². The zero-order chi connectivity index (χ0) is 9.14. The van der Waals surface area contributed by atoms with E-state index in [1.165, 1.54) is 12.1 Å². The van der Waals surface area contributed by atoms with E-state index in [2.05, 4.69) is 0 Å². The predicted molar refractivity (Wildman–Crippen MR) is 46.6 cm³/mol. The van der Waals surface area contributed by atoms with Crippen molar-refractivity contribution in [1.29, 1.82) is 0 Å². The van der Waals surface area contributed by atoms with Gasteiger partial charge in [-0.3, -0.25) is 0 Å². The van der Waals surface area contributed by atoms with Crippen LogP contribution in [0.15, 0.2) is 18.2 Å². The molecule has 0 radical (unpaired) electrons. The summed E-state index contributed by atoms with van der Waals surface area (Å²) in [4.78, 5) is 0. The number of hydrogen-bond acceptors (Lipinski definition) is 2. The lowest BCUT2D eigenvalue weighted by molar-refractivity contribution is 0.241. The number of rotatable bonds is 2. The van der Waals surface area contributed by atoms with Crippen LogP contribution in [0.2, 0.25) is 0 Å². The molecule has 1 rings (SSSR count). The Morgan fingerprint density at radius 2 is 2.08 bits per heavy atom. The first-order valence-corrected chi connectivity index (χ1v) is 3.81. The molecule has 0 aliphatic heterocycles. The molecule has 1 aromatic rings. The van der Waals surface area contributed by atoms with Gasteiger partial charge in [0.05, 0.1) is 11.8 Å². The highest BCUT2D eigenvalue weighted by atomic mass is 19.1. The molecule has 0 saturated carbocycles. The van der Waals surface area contributed by atoms with Crippen molar-refractivity contribution < 1.29 is 9.13 Å². The molecule has 0 unspecified atom stereocenters. The summed E-state index contributed by atoms with van der Waals surface area (Å²) in [6, 6.07) is 4.43. The van der Waals surface area contributed by atoms with Gasteiger partial charge in [0.1, 0.15) is 11.6 Å². The van der Waals surface area contributed by atoms with Crippen LogP contribution in [0.3, 0.4) is 0 Å². The SMILES string of the molecule is CC(C)Oc1ccc(N)c(F)c1. The van der Waals surface area contributed by atoms with E-state index in [-0.39, 0.29) is 11.8 Å². The van der Waals surface area contributed by atoms with E-state index in [1.807, 2.05) is 13.8 Å². The minimum Gasteiger partial charge on any atom is -0.491 e. The van der Waals surface area contributed by atoms with Crippen molar-refractivity contribution in [3.63, 3.8) is 0 Å². The molecule has 0 fully saturated rings. The molecule has 0 heterocycles. The smallest absolute Gasteiger partial charge is 0.149 e. The van der Waals surface area contributed by atoms with E-state index < -0.39 is 5.82 Å². The van der Waals surface area contributed by atoms with Crippen LogP contribution in [0.5, 0.6) is 5.75 Å². The van der Waals surface area contributed by atoms with Crippen molar-refractivity contribution in [3.05, 3.63) is 24.0 Å². The molecule has 0 saturated heterocycles. The van der Waals surface area contributed by atoms with E-state index in [9.17, 15) is 4.39 Å². The number of ether oxygens (including phenoxy) is 1. The molecular weight excluding hydrogens is 157 g/mol. The third-order valence-electron chi connectivity index (χ3n) is 1.34. The van der Waals surface area contributed by atoms with Crippen molar-refractivity contribution in [2.45, 2.75) is 20.0 Å². The maximum atomic E-state index is 12.8. The van der Waals surface area contributed by atoms with Gasteiger partial charge in [-0.15, -0.1) is 0 Å². The number of benzene rings is 1. The Bertz CT molecular complexity index is 273. The third kappa shape index (κ3) is 2.12. The first-order chi connectivity index (χ1) is 5.59. The van der Waals surface area contributed by atoms with Gasteiger partial charge in [-0.1, -0.05) is 0 Å². The maximum absolute atomic E-state index is 12.8. The molecule has 0 bridgehead atoms. The molecule has 0 aliphatic rings. The second-order valence-electron chi connectivity index (χ2n) is 2.85. The monoisotopic (exact) mass is 169 g/mol. The highest BCUT2D eigenvalue weighted by Gasteiger charge is 2.01. The summed E-state index contributed by atoms with van der Waals surface area (Å²) in [5.74, 6) is 0.0739. The summed E-state index contributed by atoms with van der Waals surface area (Å²) in [5.41, 5.74) is 5.43. The lowest BCUT2D eigenvalue weighted by atomic mass is 10.3. The van der Waals surface area contributed by atoms with Crippen LogP contribution < -0.4 is 10.5 Å². The van der Waals surface area contributed by atoms with Crippen LogP contribution in [0.25, 0.3) is 0 Å². The Morgan fingerprint density at radius 3 is 2.58 bits per heavy atom. The number of hydrogen-bond donors (Lipinski definition) is 1. The molecule has 0 spiro atoms. The van der Waals surface area contributed by atoms with Crippen LogP contribution >= 0.6 is 0 Å². The van der Waals surface area contributed by atoms with Crippen molar-refractivity contribution in [2.24, 2.45) is 0 Å². The van der Waals surface area contributed by atoms with Crippen molar-refractivity contribution in [2.75, 3.05) is 5.73 Å². The third-order valence-corrected chi connectivity index (χ3v) is 1.34. The second kappa shape index (κ2) is 3.43. The highest BCUT2D eigenvalue weighted by molar-refractivity contribution is 5.43. The summed E-state index contributed by atoms with van der Waals surface area (Å²) in [6.45, 7) is 3.77. The van der Waals surface area contributed by atoms with Crippen molar-refractivity contribution in [1.82, 2.24) is 0 Å². The predicted octanol–water partition coefficient (Wildman–Crippen LogP) is 2.20. The Balaban J connectivity index is 2.82. The lowest BCUT2D eigenvalue weighted by Gasteiger charge is -2.09. The number of nitrogens with two attached hydrogens (primary N) is 1. The second-order valence-corrected chi connectivity index (χ2v) is 2.85. The molecule has 0 aromatic heterocycles. The van der Waals surface area contributed by atoms with Crippen LogP contribution in [0.1, 0.15) is 13.8 Å². The number of anilines is 1. The Morgan fingerprint density at radius 1 is 1.42 bits per heavy atom. The van der Waals surface area contributed by atoms with Gasteiger partial charge >= 0.3 is 0 Å². The molecular formula is C9H12FNO. The van der Waals surface area contributed by atoms with E-state index in [0.717, 1.165) is 0 Å². The quantitative estimate of drug-likeness (QED) is 0.689. The average molecular weight is 169 g/mol. The maximum Gasteiger partial charge on any atom is 0.149 e. The van der Waals surface area contributed by atoms with Gasteiger partial charge in [0, 0.05) is 6.07 Å². The fraction of sp³-hybridized carbons (Fsp3) is 0.333. The summed E-state index contributed by atoms with van der Waals surface area (Å²) in [5, 5.41) is 0. The normalized spacial score (nSPS) is 10.3. The standard InChI is InChI=1S/C9H12FNO/c1-6(2)12-7-3-4-9(11)8(10)5-7/h3-6H,11H2,1-2H3. The zero-order valence-electron chi connectivity index (χ0n) is 7.17. The minimum atomic E-state index is -0.437. The molecule has 0 atom stereocenters. The lowest BCUT2D eigenvalue weighted by Crippen LogP contribution is -2.05. The van der Waals surface area contributed by atoms with Crippen LogP contribution in [-0.2, 0) is 0 Å². The van der Waals surface area contributed by atoms with E-state index in [0.29, 0.717) is 5.75 Å². The molecule has 12 heavy (non-hydrogen) atoms. The molecule has 3 heteroatoms. The Hall–Kier alpha value is -1.25. The summed E-state index contributed by atoms with van der Waals surface area (Å²) >= 11 is 0. The van der Waals surface area contributed by atoms with Gasteiger partial charge in [-0.25, -0.2) is 4.39 Å². The fourth-order valence-corrected chi connectivity index (χ4v) is 0.853. The zero-order valence-corrected chi connectivity index (χ0v) is 7.17. The van der Waals surface area contributed by atoms with Crippen LogP contribution in [0.4, 0.5) is 10.1 Å². The van der Waals surface area contributed by atoms with Gasteiger partial charge < -0.3 is 10.5 Å². The van der Waals surface area contributed by atoms with Gasteiger partial charge in [-0.2, -0.15) is 0 Å². The van der Waals surface area contributed by atoms with Gasteiger partial charge in [0.15, 0.2) is 0 Å². The number of nitrogen functional groups attached to an aromatic ring is 1. The largest absolute Gasteiger partial charge is 0.491 e. The molecule has 2 N–H and O–H groups in total. The first kappa shape index (κ1) is 8.84. The molecule has 2 nitrogen and oxygen atoms in total. The summed E-state index contributed by atoms with van der Waals surface area (Å²) in [7, 11) is 0. The molecule has 66 valence electrons. The Labute approximate surface area is 71.1 Å². The van der Waals surface area contributed by atoms with Gasteiger partial charge in [0.2, 0.25) is 0 Å².